The second kappa shape index (κ2) is 6.45. The highest BCUT2D eigenvalue weighted by atomic mass is 32.1. The molecule has 1 aromatic heterocycles. The van der Waals surface area contributed by atoms with Gasteiger partial charge in [0.05, 0.1) is 5.01 Å². The molecule has 2 N–H and O–H groups in total. The van der Waals surface area contributed by atoms with Crippen LogP contribution in [0.25, 0.3) is 0 Å². The second-order valence-corrected chi connectivity index (χ2v) is 6.07. The summed E-state index contributed by atoms with van der Waals surface area (Å²) in [5.74, 6) is 0.0577. The predicted octanol–water partition coefficient (Wildman–Crippen LogP) is 0.810. The number of rotatable bonds is 3. The second-order valence-electron chi connectivity index (χ2n) is 5.13. The summed E-state index contributed by atoms with van der Waals surface area (Å²) in [4.78, 5) is 21.1. The number of carbonyl (C=O) groups is 1. The summed E-state index contributed by atoms with van der Waals surface area (Å²) < 4.78 is 0. The fourth-order valence-corrected chi connectivity index (χ4v) is 3.26. The lowest BCUT2D eigenvalue weighted by atomic mass is 10.2. The van der Waals surface area contributed by atoms with Crippen LogP contribution in [0.3, 0.4) is 0 Å². The number of amides is 1. The van der Waals surface area contributed by atoms with E-state index in [9.17, 15) is 4.79 Å². The van der Waals surface area contributed by atoms with Crippen molar-refractivity contribution in [1.29, 1.82) is 0 Å². The fraction of sp³-hybridized carbons (Fsp3) is 0.692. The van der Waals surface area contributed by atoms with Crippen LogP contribution in [-0.4, -0.2) is 60.0 Å². The summed E-state index contributed by atoms with van der Waals surface area (Å²) in [6.07, 6.45) is 1.77. The van der Waals surface area contributed by atoms with Crippen LogP contribution in [0.4, 0.5) is 0 Å². The van der Waals surface area contributed by atoms with Crippen LogP contribution in [-0.2, 0) is 6.42 Å². The van der Waals surface area contributed by atoms with Crippen molar-refractivity contribution in [3.63, 3.8) is 0 Å². The van der Waals surface area contributed by atoms with Gasteiger partial charge in [-0.15, -0.1) is 11.3 Å². The number of hydrogen-bond donors (Lipinski definition) is 1. The van der Waals surface area contributed by atoms with Crippen molar-refractivity contribution in [3.05, 3.63) is 16.1 Å². The molecule has 106 valence electrons. The van der Waals surface area contributed by atoms with Crippen LogP contribution in [0.2, 0.25) is 0 Å². The third kappa shape index (κ3) is 3.52. The maximum atomic E-state index is 12.5. The lowest BCUT2D eigenvalue weighted by Gasteiger charge is -2.27. The molecule has 1 atom stereocenters. The Morgan fingerprint density at radius 3 is 3.11 bits per heavy atom. The normalized spacial score (nSPS) is 21.4. The van der Waals surface area contributed by atoms with E-state index in [0.29, 0.717) is 12.2 Å². The molecule has 19 heavy (non-hydrogen) atoms. The van der Waals surface area contributed by atoms with E-state index in [2.05, 4.69) is 23.9 Å². The first-order valence-electron chi connectivity index (χ1n) is 6.75. The first kappa shape index (κ1) is 14.4. The molecule has 0 aromatic carbocycles. The minimum Gasteiger partial charge on any atom is -0.333 e. The average molecular weight is 282 g/mol. The summed E-state index contributed by atoms with van der Waals surface area (Å²) in [6.45, 7) is 5.46. The first-order valence-corrected chi connectivity index (χ1v) is 7.63. The van der Waals surface area contributed by atoms with E-state index < -0.39 is 0 Å². The van der Waals surface area contributed by atoms with Crippen molar-refractivity contribution in [2.45, 2.75) is 25.8 Å². The van der Waals surface area contributed by atoms with E-state index in [1.54, 1.807) is 0 Å². The van der Waals surface area contributed by atoms with Crippen molar-refractivity contribution >= 4 is 17.2 Å². The lowest BCUT2D eigenvalue weighted by Crippen LogP contribution is -2.42. The molecule has 5 nitrogen and oxygen atoms in total. The molecule has 2 heterocycles. The van der Waals surface area contributed by atoms with Gasteiger partial charge in [-0.05, 0) is 33.5 Å². The largest absolute Gasteiger partial charge is 0.333 e. The van der Waals surface area contributed by atoms with Gasteiger partial charge in [0, 0.05) is 30.9 Å². The SMILES string of the molecule is CC1CN(C)CCCN1C(=O)c1csc(CCN)n1. The summed E-state index contributed by atoms with van der Waals surface area (Å²) >= 11 is 1.52. The Morgan fingerprint density at radius 2 is 2.37 bits per heavy atom. The van der Waals surface area contributed by atoms with Crippen molar-refractivity contribution in [2.75, 3.05) is 33.2 Å². The summed E-state index contributed by atoms with van der Waals surface area (Å²) in [5, 5.41) is 2.81. The zero-order chi connectivity index (χ0) is 13.8. The highest BCUT2D eigenvalue weighted by Gasteiger charge is 2.26. The van der Waals surface area contributed by atoms with Crippen LogP contribution in [0.5, 0.6) is 0 Å². The fourth-order valence-electron chi connectivity index (χ4n) is 2.47. The monoisotopic (exact) mass is 282 g/mol. The van der Waals surface area contributed by atoms with Crippen LogP contribution in [0.1, 0.15) is 28.8 Å². The predicted molar refractivity (Wildman–Crippen MR) is 77.5 cm³/mol. The van der Waals surface area contributed by atoms with Crippen molar-refractivity contribution in [3.8, 4) is 0 Å². The standard InChI is InChI=1S/C13H22N4OS/c1-10-8-16(2)6-3-7-17(10)13(18)11-9-19-12(15-11)4-5-14/h9-10H,3-8,14H2,1-2H3. The Bertz CT molecular complexity index is 434. The highest BCUT2D eigenvalue weighted by Crippen LogP contribution is 2.16. The first-order chi connectivity index (χ1) is 9.11. The van der Waals surface area contributed by atoms with Crippen molar-refractivity contribution < 1.29 is 4.79 Å². The van der Waals surface area contributed by atoms with Crippen LogP contribution in [0, 0.1) is 0 Å². The number of likely N-dealkylation sites (N-methyl/N-ethyl adjacent to an activating group) is 1. The van der Waals surface area contributed by atoms with Gasteiger partial charge in [-0.1, -0.05) is 0 Å². The average Bonchev–Trinajstić information content (AvgIpc) is 2.75. The third-order valence-corrected chi connectivity index (χ3v) is 4.35. The molecule has 1 aliphatic rings. The van der Waals surface area contributed by atoms with Gasteiger partial charge in [0.15, 0.2) is 0 Å². The number of nitrogens with two attached hydrogens (primary N) is 1. The van der Waals surface area contributed by atoms with Crippen molar-refractivity contribution in [1.82, 2.24) is 14.8 Å². The molecule has 0 radical (unpaired) electrons. The van der Waals surface area contributed by atoms with Crippen LogP contribution >= 0.6 is 11.3 Å². The number of carbonyl (C=O) groups excluding carboxylic acids is 1. The van der Waals surface area contributed by atoms with E-state index in [1.807, 2.05) is 10.3 Å². The molecule has 1 aliphatic heterocycles. The highest BCUT2D eigenvalue weighted by molar-refractivity contribution is 7.09. The number of aromatic nitrogens is 1. The molecule has 1 amide bonds. The molecule has 1 unspecified atom stereocenters. The Balaban J connectivity index is 2.08. The topological polar surface area (TPSA) is 62.5 Å². The van der Waals surface area contributed by atoms with Gasteiger partial charge >= 0.3 is 0 Å². The summed E-state index contributed by atoms with van der Waals surface area (Å²) in [5.41, 5.74) is 6.09. The van der Waals surface area contributed by atoms with Gasteiger partial charge in [-0.3, -0.25) is 4.79 Å². The van der Waals surface area contributed by atoms with E-state index in [1.165, 1.54) is 11.3 Å². The molecule has 0 spiro atoms. The van der Waals surface area contributed by atoms with Gasteiger partial charge in [-0.2, -0.15) is 0 Å². The molecule has 2 rings (SSSR count). The molecule has 1 aromatic rings. The molecule has 1 saturated heterocycles. The number of hydrogen-bond acceptors (Lipinski definition) is 5. The zero-order valence-electron chi connectivity index (χ0n) is 11.6. The number of thiazole rings is 1. The zero-order valence-corrected chi connectivity index (χ0v) is 12.4. The van der Waals surface area contributed by atoms with Crippen LogP contribution in [0.15, 0.2) is 5.38 Å². The Labute approximate surface area is 118 Å². The lowest BCUT2D eigenvalue weighted by molar-refractivity contribution is 0.0691. The van der Waals surface area contributed by atoms with Gasteiger partial charge in [-0.25, -0.2) is 4.98 Å². The molecule has 0 bridgehead atoms. The van der Waals surface area contributed by atoms with E-state index >= 15 is 0 Å². The van der Waals surface area contributed by atoms with Gasteiger partial charge in [0.2, 0.25) is 0 Å². The smallest absolute Gasteiger partial charge is 0.273 e. The maximum absolute atomic E-state index is 12.5. The maximum Gasteiger partial charge on any atom is 0.273 e. The molecular weight excluding hydrogens is 260 g/mol. The van der Waals surface area contributed by atoms with E-state index in [-0.39, 0.29) is 11.9 Å². The summed E-state index contributed by atoms with van der Waals surface area (Å²) in [7, 11) is 2.10. The van der Waals surface area contributed by atoms with E-state index in [4.69, 9.17) is 5.73 Å². The Hall–Kier alpha value is -0.980. The molecule has 0 saturated carbocycles. The third-order valence-electron chi connectivity index (χ3n) is 3.44. The summed E-state index contributed by atoms with van der Waals surface area (Å²) in [6, 6.07) is 0.236. The van der Waals surface area contributed by atoms with Gasteiger partial charge in [0.1, 0.15) is 5.69 Å². The molecular formula is C13H22N4OS. The minimum atomic E-state index is 0.0577. The van der Waals surface area contributed by atoms with Crippen molar-refractivity contribution in [2.24, 2.45) is 5.73 Å². The Morgan fingerprint density at radius 1 is 1.58 bits per heavy atom. The molecule has 0 aliphatic carbocycles. The number of nitrogens with zero attached hydrogens (tertiary/aromatic N) is 3. The molecule has 6 heteroatoms. The Kier molecular flexibility index (Phi) is 4.90. The van der Waals surface area contributed by atoms with E-state index in [0.717, 1.165) is 37.5 Å². The van der Waals surface area contributed by atoms with Gasteiger partial charge < -0.3 is 15.5 Å². The van der Waals surface area contributed by atoms with Crippen LogP contribution < -0.4 is 5.73 Å². The van der Waals surface area contributed by atoms with Gasteiger partial charge in [0.25, 0.3) is 5.91 Å². The molecule has 1 fully saturated rings. The minimum absolute atomic E-state index is 0.0577. The quantitative estimate of drug-likeness (QED) is 0.891.